The summed E-state index contributed by atoms with van der Waals surface area (Å²) in [5, 5.41) is 1.79. The van der Waals surface area contributed by atoms with Crippen molar-refractivity contribution in [1.82, 2.24) is 10.0 Å². The van der Waals surface area contributed by atoms with E-state index in [9.17, 15) is 19.2 Å². The highest BCUT2D eigenvalue weighted by molar-refractivity contribution is 6.07. The molecular formula is C34H38N2O7. The van der Waals surface area contributed by atoms with Crippen LogP contribution in [0.25, 0.3) is 0 Å². The van der Waals surface area contributed by atoms with Crippen molar-refractivity contribution in [2.24, 2.45) is 5.92 Å². The summed E-state index contributed by atoms with van der Waals surface area (Å²) < 4.78 is 16.8. The number of methoxy groups -OCH3 is 1. The molecule has 1 aliphatic rings. The van der Waals surface area contributed by atoms with Gasteiger partial charge in [0.2, 0.25) is 0 Å². The first-order valence-corrected chi connectivity index (χ1v) is 14.2. The van der Waals surface area contributed by atoms with Gasteiger partial charge < -0.3 is 14.2 Å². The van der Waals surface area contributed by atoms with E-state index < -0.39 is 35.7 Å². The highest BCUT2D eigenvalue weighted by Crippen LogP contribution is 2.34. The van der Waals surface area contributed by atoms with Gasteiger partial charge in [-0.3, -0.25) is 14.4 Å². The largest absolute Gasteiger partial charge is 0.496 e. The van der Waals surface area contributed by atoms with Crippen LogP contribution in [-0.4, -0.2) is 46.5 Å². The molecule has 3 amide bonds. The highest BCUT2D eigenvalue weighted by Gasteiger charge is 2.43. The van der Waals surface area contributed by atoms with Crippen LogP contribution in [0.5, 0.6) is 5.75 Å². The van der Waals surface area contributed by atoms with Crippen LogP contribution in [0.1, 0.15) is 82.9 Å². The molecule has 1 saturated carbocycles. The van der Waals surface area contributed by atoms with E-state index >= 15 is 0 Å². The summed E-state index contributed by atoms with van der Waals surface area (Å²) in [4.78, 5) is 55.5. The molecule has 1 fully saturated rings. The van der Waals surface area contributed by atoms with E-state index in [0.717, 1.165) is 16.1 Å². The zero-order valence-electron chi connectivity index (χ0n) is 25.7. The summed E-state index contributed by atoms with van der Waals surface area (Å²) in [5.74, 6) is -1.73. The second-order valence-electron chi connectivity index (χ2n) is 11.8. The van der Waals surface area contributed by atoms with Crippen LogP contribution >= 0.6 is 0 Å². The van der Waals surface area contributed by atoms with Gasteiger partial charge in [0.15, 0.2) is 0 Å². The molecule has 1 aliphatic carbocycles. The highest BCUT2D eigenvalue weighted by atomic mass is 16.7. The van der Waals surface area contributed by atoms with Gasteiger partial charge in [-0.25, -0.2) is 9.80 Å². The average Bonchev–Trinajstić information content (AvgIpc) is 3.80. The van der Waals surface area contributed by atoms with E-state index in [2.05, 4.69) is 0 Å². The quantitative estimate of drug-likeness (QED) is 0.172. The lowest BCUT2D eigenvalue weighted by molar-refractivity contribution is -0.174. The molecule has 9 nitrogen and oxygen atoms in total. The minimum absolute atomic E-state index is 0.130. The van der Waals surface area contributed by atoms with Gasteiger partial charge in [-0.2, -0.15) is 0 Å². The number of aryl methyl sites for hydroxylation is 2. The lowest BCUT2D eigenvalue weighted by Crippen LogP contribution is -2.60. The van der Waals surface area contributed by atoms with Gasteiger partial charge in [0.25, 0.3) is 18.1 Å². The van der Waals surface area contributed by atoms with Crippen LogP contribution in [0.2, 0.25) is 0 Å². The fourth-order valence-electron chi connectivity index (χ4n) is 4.79. The lowest BCUT2D eigenvalue weighted by atomic mass is 10.0. The van der Waals surface area contributed by atoms with Gasteiger partial charge in [0, 0.05) is 22.3 Å². The number of hydrazine groups is 1. The third kappa shape index (κ3) is 7.23. The minimum Gasteiger partial charge on any atom is -0.496 e. The molecule has 3 aromatic rings. The van der Waals surface area contributed by atoms with Crippen LogP contribution in [0.4, 0.5) is 4.79 Å². The maximum atomic E-state index is 14.4. The van der Waals surface area contributed by atoms with Crippen molar-refractivity contribution in [1.29, 1.82) is 0 Å². The monoisotopic (exact) mass is 586 g/mol. The van der Waals surface area contributed by atoms with E-state index in [0.29, 0.717) is 40.3 Å². The normalized spacial score (nSPS) is 13.5. The summed E-state index contributed by atoms with van der Waals surface area (Å²) in [7, 11) is 1.48. The molecule has 1 atom stereocenters. The number of ether oxygens (including phenoxy) is 3. The molecule has 0 aromatic heterocycles. The number of carbonyl (C=O) groups is 4. The number of hydrogen-bond donors (Lipinski definition) is 0. The van der Waals surface area contributed by atoms with Crippen LogP contribution in [0.3, 0.4) is 0 Å². The molecule has 226 valence electrons. The second kappa shape index (κ2) is 12.7. The Kier molecular flexibility index (Phi) is 9.23. The maximum absolute atomic E-state index is 14.4. The molecule has 0 radical (unpaired) electrons. The molecule has 0 N–H and O–H groups in total. The Morgan fingerprint density at radius 2 is 1.44 bits per heavy atom. The van der Waals surface area contributed by atoms with Crippen LogP contribution in [0, 0.1) is 26.7 Å². The van der Waals surface area contributed by atoms with Gasteiger partial charge >= 0.3 is 12.1 Å². The van der Waals surface area contributed by atoms with E-state index in [-0.39, 0.29) is 11.5 Å². The van der Waals surface area contributed by atoms with Crippen molar-refractivity contribution in [3.8, 4) is 5.75 Å². The van der Waals surface area contributed by atoms with Crippen LogP contribution in [0.15, 0.2) is 66.7 Å². The van der Waals surface area contributed by atoms with Gasteiger partial charge in [-0.15, -0.1) is 5.01 Å². The minimum atomic E-state index is -1.44. The van der Waals surface area contributed by atoms with E-state index in [1.807, 2.05) is 19.9 Å². The van der Waals surface area contributed by atoms with Crippen molar-refractivity contribution in [2.45, 2.75) is 66.2 Å². The standard InChI is InChI=1S/C34H38N2O7/c1-21-18-22(2)20-26(19-21)29(37)36(34(4,5)6)35(30(38)27-14-11-15-28(41-7)23(27)3)33(40)43-32(25-12-9-8-10-13-25)42-31(39)24-16-17-24/h8-15,18-20,24,32H,16-17H2,1-7H3. The second-order valence-corrected chi connectivity index (χ2v) is 11.8. The predicted octanol–water partition coefficient (Wildman–Crippen LogP) is 6.71. The number of hydrogen-bond acceptors (Lipinski definition) is 7. The van der Waals surface area contributed by atoms with Crippen molar-refractivity contribution in [3.05, 3.63) is 100 Å². The zero-order valence-corrected chi connectivity index (χ0v) is 25.7. The summed E-state index contributed by atoms with van der Waals surface area (Å²) in [5.41, 5.74) is 1.90. The van der Waals surface area contributed by atoms with E-state index in [4.69, 9.17) is 14.2 Å². The first-order chi connectivity index (χ1) is 20.3. The fourth-order valence-corrected chi connectivity index (χ4v) is 4.79. The fraction of sp³-hybridized carbons (Fsp3) is 0.353. The molecule has 4 rings (SSSR count). The number of esters is 1. The van der Waals surface area contributed by atoms with Crippen molar-refractivity contribution < 1.29 is 33.4 Å². The van der Waals surface area contributed by atoms with E-state index in [1.54, 1.807) is 88.4 Å². The number of imide groups is 1. The zero-order chi connectivity index (χ0) is 31.5. The molecular weight excluding hydrogens is 548 g/mol. The molecule has 1 unspecified atom stereocenters. The van der Waals surface area contributed by atoms with Gasteiger partial charge in [0.1, 0.15) is 5.75 Å². The number of amides is 3. The maximum Gasteiger partial charge on any atom is 0.439 e. The predicted molar refractivity (Wildman–Crippen MR) is 160 cm³/mol. The Bertz CT molecular complexity index is 1500. The summed E-state index contributed by atoms with van der Waals surface area (Å²) in [6.07, 6.45) is -1.24. The molecule has 0 spiro atoms. The summed E-state index contributed by atoms with van der Waals surface area (Å²) >= 11 is 0. The average molecular weight is 587 g/mol. The topological polar surface area (TPSA) is 102 Å². The summed E-state index contributed by atoms with van der Waals surface area (Å²) in [6.45, 7) is 10.5. The molecule has 9 heteroatoms. The molecule has 0 bridgehead atoms. The SMILES string of the molecule is COc1cccc(C(=O)N(C(=O)OC(OC(=O)C2CC2)c2ccccc2)N(C(=O)c2cc(C)cc(C)c2)C(C)(C)C)c1C. The Balaban J connectivity index is 1.83. The number of nitrogens with zero attached hydrogens (tertiary/aromatic N) is 2. The molecule has 0 aliphatic heterocycles. The third-order valence-corrected chi connectivity index (χ3v) is 7.01. The number of carbonyl (C=O) groups excluding carboxylic acids is 4. The molecule has 3 aromatic carbocycles. The number of benzene rings is 3. The first-order valence-electron chi connectivity index (χ1n) is 14.2. The first kappa shape index (κ1) is 31.3. The summed E-state index contributed by atoms with van der Waals surface area (Å²) in [6, 6.07) is 18.7. The molecule has 43 heavy (non-hydrogen) atoms. The third-order valence-electron chi connectivity index (χ3n) is 7.01. The van der Waals surface area contributed by atoms with E-state index in [1.165, 1.54) is 7.11 Å². The number of rotatable bonds is 7. The molecule has 0 heterocycles. The smallest absolute Gasteiger partial charge is 0.439 e. The van der Waals surface area contributed by atoms with Gasteiger partial charge in [-0.05, 0) is 78.6 Å². The van der Waals surface area contributed by atoms with Crippen molar-refractivity contribution in [3.63, 3.8) is 0 Å². The Labute approximate surface area is 252 Å². The van der Waals surface area contributed by atoms with Crippen LogP contribution < -0.4 is 4.74 Å². The van der Waals surface area contributed by atoms with Crippen molar-refractivity contribution >= 4 is 23.9 Å². The Morgan fingerprint density at radius 1 is 0.814 bits per heavy atom. The lowest BCUT2D eigenvalue weighted by Gasteiger charge is -2.42. The van der Waals surface area contributed by atoms with Gasteiger partial charge in [0.05, 0.1) is 18.6 Å². The Hall–Kier alpha value is -4.66. The Morgan fingerprint density at radius 3 is 2.00 bits per heavy atom. The van der Waals surface area contributed by atoms with Gasteiger partial charge in [-0.1, -0.05) is 53.6 Å². The van der Waals surface area contributed by atoms with Crippen molar-refractivity contribution in [2.75, 3.05) is 7.11 Å². The van der Waals surface area contributed by atoms with Crippen LogP contribution in [-0.2, 0) is 14.3 Å². The molecule has 0 saturated heterocycles.